The van der Waals surface area contributed by atoms with E-state index in [1.54, 1.807) is 0 Å². The van der Waals surface area contributed by atoms with Gasteiger partial charge in [-0.1, -0.05) is 17.7 Å². The average molecular weight is 208 g/mol. The lowest BCUT2D eigenvalue weighted by Crippen LogP contribution is -2.28. The number of hydrogen-bond acceptors (Lipinski definition) is 1. The van der Waals surface area contributed by atoms with Crippen molar-refractivity contribution < 1.29 is 0 Å². The van der Waals surface area contributed by atoms with Crippen LogP contribution < -0.4 is 10.6 Å². The summed E-state index contributed by atoms with van der Waals surface area (Å²) < 4.78 is 0. The topological polar surface area (TPSA) is 24.1 Å². The molecule has 1 aromatic carbocycles. The lowest BCUT2D eigenvalue weighted by molar-refractivity contribution is 0.979. The van der Waals surface area contributed by atoms with E-state index in [-0.39, 0.29) is 0 Å². The summed E-state index contributed by atoms with van der Waals surface area (Å²) >= 11 is 5.11. The van der Waals surface area contributed by atoms with E-state index in [0.717, 1.165) is 12.2 Å². The summed E-state index contributed by atoms with van der Waals surface area (Å²) in [6, 6.07) is 6.26. The van der Waals surface area contributed by atoms with Gasteiger partial charge < -0.3 is 10.6 Å². The fourth-order valence-electron chi connectivity index (χ4n) is 1.28. The van der Waals surface area contributed by atoms with E-state index in [9.17, 15) is 0 Å². The Morgan fingerprint density at radius 2 is 2.07 bits per heavy atom. The Bertz CT molecular complexity index is 334. The molecule has 0 heterocycles. The number of anilines is 1. The molecule has 2 nitrogen and oxygen atoms in total. The van der Waals surface area contributed by atoms with Crippen LogP contribution in [0.3, 0.4) is 0 Å². The molecule has 0 radical (unpaired) electrons. The van der Waals surface area contributed by atoms with Crippen molar-refractivity contribution in [2.45, 2.75) is 20.8 Å². The zero-order valence-electron chi connectivity index (χ0n) is 8.85. The molecule has 1 rings (SSSR count). The van der Waals surface area contributed by atoms with Crippen LogP contribution in [0.1, 0.15) is 18.1 Å². The summed E-state index contributed by atoms with van der Waals surface area (Å²) in [6.07, 6.45) is 0. The third-order valence-electron chi connectivity index (χ3n) is 1.97. The minimum Gasteiger partial charge on any atom is -0.363 e. The van der Waals surface area contributed by atoms with E-state index in [4.69, 9.17) is 12.2 Å². The van der Waals surface area contributed by atoms with Gasteiger partial charge in [0.1, 0.15) is 0 Å². The maximum atomic E-state index is 5.11. The Kier molecular flexibility index (Phi) is 3.89. The second-order valence-corrected chi connectivity index (χ2v) is 3.71. The van der Waals surface area contributed by atoms with Crippen molar-refractivity contribution in [1.82, 2.24) is 5.32 Å². The van der Waals surface area contributed by atoms with Crippen molar-refractivity contribution in [2.24, 2.45) is 0 Å². The summed E-state index contributed by atoms with van der Waals surface area (Å²) in [7, 11) is 0. The van der Waals surface area contributed by atoms with E-state index in [1.165, 1.54) is 11.1 Å². The molecule has 0 aliphatic heterocycles. The number of thiocarbonyl (C=S) groups is 1. The summed E-state index contributed by atoms with van der Waals surface area (Å²) in [5.74, 6) is 0. The Labute approximate surface area is 90.7 Å². The maximum absolute atomic E-state index is 5.11. The third kappa shape index (κ3) is 3.00. The van der Waals surface area contributed by atoms with Crippen LogP contribution in [0.25, 0.3) is 0 Å². The van der Waals surface area contributed by atoms with E-state index >= 15 is 0 Å². The molecule has 0 spiro atoms. The van der Waals surface area contributed by atoms with Crippen LogP contribution >= 0.6 is 12.2 Å². The number of hydrogen-bond donors (Lipinski definition) is 2. The molecule has 0 aromatic heterocycles. The summed E-state index contributed by atoms with van der Waals surface area (Å²) in [4.78, 5) is 0. The molecule has 0 aliphatic rings. The Hall–Kier alpha value is -1.09. The number of nitrogens with one attached hydrogen (secondary N) is 2. The minimum absolute atomic E-state index is 0.680. The van der Waals surface area contributed by atoms with Crippen molar-refractivity contribution >= 4 is 23.0 Å². The lowest BCUT2D eigenvalue weighted by atomic mass is 10.1. The highest BCUT2D eigenvalue weighted by molar-refractivity contribution is 7.80. The third-order valence-corrected chi connectivity index (χ3v) is 2.21. The summed E-state index contributed by atoms with van der Waals surface area (Å²) in [6.45, 7) is 7.02. The van der Waals surface area contributed by atoms with Crippen LogP contribution in [0.4, 0.5) is 5.69 Å². The highest BCUT2D eigenvalue weighted by Crippen LogP contribution is 2.15. The molecule has 0 unspecified atom stereocenters. The van der Waals surface area contributed by atoms with E-state index in [0.29, 0.717) is 5.11 Å². The van der Waals surface area contributed by atoms with Crippen LogP contribution in [0.15, 0.2) is 18.2 Å². The zero-order chi connectivity index (χ0) is 10.6. The van der Waals surface area contributed by atoms with Gasteiger partial charge in [-0.3, -0.25) is 0 Å². The van der Waals surface area contributed by atoms with Gasteiger partial charge in [-0.15, -0.1) is 0 Å². The highest BCUT2D eigenvalue weighted by atomic mass is 32.1. The van der Waals surface area contributed by atoms with Crippen LogP contribution in [0.2, 0.25) is 0 Å². The van der Waals surface area contributed by atoms with Crippen molar-refractivity contribution in [1.29, 1.82) is 0 Å². The summed E-state index contributed by atoms with van der Waals surface area (Å²) in [5.41, 5.74) is 3.55. The smallest absolute Gasteiger partial charge is 0.170 e. The molecule has 0 atom stereocenters. The van der Waals surface area contributed by atoms with Gasteiger partial charge in [-0.2, -0.15) is 0 Å². The van der Waals surface area contributed by atoms with Crippen molar-refractivity contribution in [2.75, 3.05) is 11.9 Å². The molecular weight excluding hydrogens is 192 g/mol. The van der Waals surface area contributed by atoms with Crippen LogP contribution in [-0.2, 0) is 0 Å². The molecule has 76 valence electrons. The molecule has 14 heavy (non-hydrogen) atoms. The second-order valence-electron chi connectivity index (χ2n) is 3.30. The van der Waals surface area contributed by atoms with Gasteiger partial charge in [-0.05, 0) is 44.6 Å². The second kappa shape index (κ2) is 4.96. The molecule has 2 N–H and O–H groups in total. The van der Waals surface area contributed by atoms with E-state index in [2.05, 4.69) is 36.6 Å². The van der Waals surface area contributed by atoms with Gasteiger partial charge in [-0.25, -0.2) is 0 Å². The largest absolute Gasteiger partial charge is 0.363 e. The summed E-state index contributed by atoms with van der Waals surface area (Å²) in [5, 5.41) is 6.89. The fraction of sp³-hybridized carbons (Fsp3) is 0.364. The molecular formula is C11H16N2S. The zero-order valence-corrected chi connectivity index (χ0v) is 9.66. The fourth-order valence-corrected chi connectivity index (χ4v) is 1.54. The Morgan fingerprint density at radius 3 is 2.64 bits per heavy atom. The maximum Gasteiger partial charge on any atom is 0.170 e. The standard InChI is InChI=1S/C11H16N2S/c1-4-12-11(14)13-10-6-5-8(2)7-9(10)3/h5-7H,4H2,1-3H3,(H2,12,13,14). The number of aryl methyl sites for hydroxylation is 2. The molecule has 0 amide bonds. The molecule has 0 bridgehead atoms. The van der Waals surface area contributed by atoms with Gasteiger partial charge in [0.25, 0.3) is 0 Å². The Balaban J connectivity index is 2.72. The van der Waals surface area contributed by atoms with E-state index < -0.39 is 0 Å². The Morgan fingerprint density at radius 1 is 1.36 bits per heavy atom. The number of benzene rings is 1. The highest BCUT2D eigenvalue weighted by Gasteiger charge is 1.99. The predicted octanol–water partition coefficient (Wildman–Crippen LogP) is 2.61. The van der Waals surface area contributed by atoms with Gasteiger partial charge in [0.15, 0.2) is 5.11 Å². The first-order valence-electron chi connectivity index (χ1n) is 4.75. The van der Waals surface area contributed by atoms with Crippen molar-refractivity contribution in [3.05, 3.63) is 29.3 Å². The quantitative estimate of drug-likeness (QED) is 0.731. The van der Waals surface area contributed by atoms with Gasteiger partial charge >= 0.3 is 0 Å². The first-order chi connectivity index (χ1) is 6.63. The van der Waals surface area contributed by atoms with E-state index in [1.807, 2.05) is 13.0 Å². The van der Waals surface area contributed by atoms with Gasteiger partial charge in [0.05, 0.1) is 0 Å². The monoisotopic (exact) mass is 208 g/mol. The minimum atomic E-state index is 0.680. The molecule has 0 saturated carbocycles. The van der Waals surface area contributed by atoms with Crippen LogP contribution in [0.5, 0.6) is 0 Å². The molecule has 3 heteroatoms. The molecule has 0 saturated heterocycles. The van der Waals surface area contributed by atoms with Crippen molar-refractivity contribution in [3.8, 4) is 0 Å². The van der Waals surface area contributed by atoms with Crippen LogP contribution in [0, 0.1) is 13.8 Å². The molecule has 0 aliphatic carbocycles. The van der Waals surface area contributed by atoms with Crippen LogP contribution in [-0.4, -0.2) is 11.7 Å². The molecule has 1 aromatic rings. The molecule has 0 fully saturated rings. The van der Waals surface area contributed by atoms with Gasteiger partial charge in [0, 0.05) is 12.2 Å². The predicted molar refractivity (Wildman–Crippen MR) is 65.8 cm³/mol. The lowest BCUT2D eigenvalue weighted by Gasteiger charge is -2.11. The van der Waals surface area contributed by atoms with Gasteiger partial charge in [0.2, 0.25) is 0 Å². The normalized spacial score (nSPS) is 9.64. The van der Waals surface area contributed by atoms with Crippen molar-refractivity contribution in [3.63, 3.8) is 0 Å². The first-order valence-corrected chi connectivity index (χ1v) is 5.16. The number of rotatable bonds is 2. The average Bonchev–Trinajstić information content (AvgIpc) is 2.10. The first kappa shape index (κ1) is 11.0. The SMILES string of the molecule is CCNC(=S)Nc1ccc(C)cc1C.